The van der Waals surface area contributed by atoms with Gasteiger partial charge in [-0.1, -0.05) is 36.4 Å². The number of hydrogen-bond acceptors (Lipinski definition) is 8. The first-order chi connectivity index (χ1) is 22.2. The smallest absolute Gasteiger partial charge is 0.459 e. The molecule has 10 nitrogen and oxygen atoms in total. The normalized spacial score (nSPS) is 25.5. The topological polar surface area (TPSA) is 118 Å². The van der Waals surface area contributed by atoms with E-state index in [1.807, 2.05) is 45.0 Å². The number of esters is 1. The lowest BCUT2D eigenvalue weighted by Gasteiger charge is -2.38. The first kappa shape index (κ1) is 34.8. The molecule has 3 saturated heterocycles. The van der Waals surface area contributed by atoms with E-state index >= 15 is 0 Å². The predicted octanol–water partition coefficient (Wildman–Crippen LogP) is 5.02. The van der Waals surface area contributed by atoms with E-state index in [0.717, 1.165) is 24.1 Å². The minimum absolute atomic E-state index is 0.0819. The molecule has 3 aliphatic heterocycles. The molecular weight excluding hydrogens is 619 g/mol. The highest BCUT2D eigenvalue weighted by Gasteiger charge is 2.47. The molecule has 256 valence electrons. The number of ether oxygens (including phenoxy) is 3. The second-order valence-electron chi connectivity index (χ2n) is 13.3. The van der Waals surface area contributed by atoms with Crippen LogP contribution < -0.4 is 5.32 Å². The zero-order valence-corrected chi connectivity index (χ0v) is 26.8. The van der Waals surface area contributed by atoms with Crippen molar-refractivity contribution < 1.29 is 46.9 Å². The van der Waals surface area contributed by atoms with Gasteiger partial charge in [0.15, 0.2) is 6.29 Å². The summed E-state index contributed by atoms with van der Waals surface area (Å²) < 4.78 is 57.6. The van der Waals surface area contributed by atoms with Crippen molar-refractivity contribution >= 4 is 23.5 Å². The third-order valence-corrected chi connectivity index (χ3v) is 8.60. The fourth-order valence-corrected chi connectivity index (χ4v) is 6.37. The van der Waals surface area contributed by atoms with E-state index in [4.69, 9.17) is 14.2 Å². The van der Waals surface area contributed by atoms with Gasteiger partial charge in [-0.25, -0.2) is 0 Å². The van der Waals surface area contributed by atoms with Crippen LogP contribution >= 0.6 is 0 Å². The van der Waals surface area contributed by atoms with Crippen LogP contribution in [0.2, 0.25) is 0 Å². The molecular formula is C34H42F3N3O7. The molecule has 0 spiro atoms. The summed E-state index contributed by atoms with van der Waals surface area (Å²) in [6, 6.07) is 12.5. The number of rotatable bonds is 8. The van der Waals surface area contributed by atoms with Crippen LogP contribution in [-0.2, 0) is 35.2 Å². The lowest BCUT2D eigenvalue weighted by molar-refractivity contribution is -0.253. The Hall–Kier alpha value is -3.52. The third kappa shape index (κ3) is 8.69. The molecule has 0 aliphatic carbocycles. The van der Waals surface area contributed by atoms with Gasteiger partial charge in [0.05, 0.1) is 18.8 Å². The highest BCUT2D eigenvalue weighted by atomic mass is 19.4. The number of amides is 2. The number of anilines is 1. The molecule has 0 saturated carbocycles. The maximum atomic E-state index is 13.0. The van der Waals surface area contributed by atoms with Crippen molar-refractivity contribution in [3.05, 3.63) is 65.2 Å². The van der Waals surface area contributed by atoms with Crippen LogP contribution in [0.15, 0.2) is 48.5 Å². The molecule has 5 atom stereocenters. The van der Waals surface area contributed by atoms with E-state index in [1.165, 1.54) is 0 Å². The fraction of sp³-hybridized carbons (Fsp3) is 0.559. The Morgan fingerprint density at radius 3 is 2.19 bits per heavy atom. The van der Waals surface area contributed by atoms with Gasteiger partial charge in [0.1, 0.15) is 17.7 Å². The van der Waals surface area contributed by atoms with Crippen LogP contribution in [-0.4, -0.2) is 82.3 Å². The Balaban J connectivity index is 1.30. The average molecular weight is 662 g/mol. The van der Waals surface area contributed by atoms with Crippen LogP contribution in [0.1, 0.15) is 82.0 Å². The molecule has 5 rings (SSSR count). The highest BCUT2D eigenvalue weighted by molar-refractivity contribution is 5.98. The summed E-state index contributed by atoms with van der Waals surface area (Å²) in [5.41, 5.74) is 2.09. The number of aliphatic hydroxyl groups is 1. The molecule has 47 heavy (non-hydrogen) atoms. The van der Waals surface area contributed by atoms with Gasteiger partial charge in [0.2, 0.25) is 5.91 Å². The first-order valence-electron chi connectivity index (χ1n) is 16.0. The Bertz CT molecular complexity index is 1410. The van der Waals surface area contributed by atoms with Gasteiger partial charge in [-0.05, 0) is 76.3 Å². The number of aliphatic hydroxyl groups excluding tert-OH is 1. The van der Waals surface area contributed by atoms with Crippen molar-refractivity contribution in [2.75, 3.05) is 25.0 Å². The van der Waals surface area contributed by atoms with Gasteiger partial charge in [-0.3, -0.25) is 19.3 Å². The summed E-state index contributed by atoms with van der Waals surface area (Å²) in [5, 5.41) is 12.1. The Morgan fingerprint density at radius 1 is 0.915 bits per heavy atom. The molecule has 3 fully saturated rings. The molecule has 13 heteroatoms. The Morgan fingerprint density at radius 2 is 1.55 bits per heavy atom. The van der Waals surface area contributed by atoms with Gasteiger partial charge in [0.25, 0.3) is 0 Å². The molecule has 3 heterocycles. The van der Waals surface area contributed by atoms with Crippen molar-refractivity contribution in [1.82, 2.24) is 9.80 Å². The standard InChI is InChI=1S/C34H42F3N3O7/c1-33(2,3)47-30(43)27-7-4-16-39(27)19-25-18-28(22-10-8-21(20-41)9-11-22)46-31(45-25)23-12-14-24(15-13-23)38-29(42)26-6-5-17-40(26)32(44)34(35,36)37/h8-15,25-28,31,41H,4-7,16-20H2,1-3H3,(H,38,42)/t25-,26+,27+,28+,31+/m1/s1. The van der Waals surface area contributed by atoms with E-state index in [0.29, 0.717) is 42.0 Å². The maximum Gasteiger partial charge on any atom is 0.471 e. The number of alkyl halides is 3. The zero-order chi connectivity index (χ0) is 33.9. The molecule has 0 unspecified atom stereocenters. The predicted molar refractivity (Wildman–Crippen MR) is 165 cm³/mol. The molecule has 2 aromatic rings. The number of carbonyl (C=O) groups excluding carboxylic acids is 3. The van der Waals surface area contributed by atoms with Crippen LogP contribution in [0.4, 0.5) is 18.9 Å². The summed E-state index contributed by atoms with van der Waals surface area (Å²) in [6.45, 7) is 6.53. The summed E-state index contributed by atoms with van der Waals surface area (Å²) in [7, 11) is 0. The SMILES string of the molecule is CC(C)(C)OC(=O)[C@@H]1CCCN1C[C@H]1C[C@@H](c2ccc(CO)cc2)O[C@@H](c2ccc(NC(=O)[C@@H]3CCCN3C(=O)C(F)(F)F)cc2)O1. The van der Waals surface area contributed by atoms with Crippen LogP contribution in [0.5, 0.6) is 0 Å². The van der Waals surface area contributed by atoms with Crippen LogP contribution in [0.3, 0.4) is 0 Å². The summed E-state index contributed by atoms with van der Waals surface area (Å²) in [5.74, 6) is -2.95. The number of nitrogens with one attached hydrogen (secondary N) is 1. The van der Waals surface area contributed by atoms with Gasteiger partial charge in [0, 0.05) is 30.8 Å². The van der Waals surface area contributed by atoms with Gasteiger partial charge < -0.3 is 29.5 Å². The van der Waals surface area contributed by atoms with Crippen molar-refractivity contribution in [2.45, 2.75) is 102 Å². The minimum atomic E-state index is -5.05. The Kier molecular flexibility index (Phi) is 10.6. The molecule has 0 bridgehead atoms. The number of nitrogens with zero attached hydrogens (tertiary/aromatic N) is 2. The molecule has 0 radical (unpaired) electrons. The van der Waals surface area contributed by atoms with Crippen LogP contribution in [0.25, 0.3) is 0 Å². The van der Waals surface area contributed by atoms with E-state index in [9.17, 15) is 32.7 Å². The fourth-order valence-electron chi connectivity index (χ4n) is 6.37. The largest absolute Gasteiger partial charge is 0.471 e. The average Bonchev–Trinajstić information content (AvgIpc) is 3.70. The monoisotopic (exact) mass is 661 g/mol. The van der Waals surface area contributed by atoms with E-state index in [-0.39, 0.29) is 43.8 Å². The summed E-state index contributed by atoms with van der Waals surface area (Å²) in [4.78, 5) is 40.3. The lowest BCUT2D eigenvalue weighted by atomic mass is 9.99. The number of halogens is 3. The second-order valence-corrected chi connectivity index (χ2v) is 13.3. The number of likely N-dealkylation sites (tertiary alicyclic amines) is 2. The van der Waals surface area contributed by atoms with Crippen molar-refractivity contribution in [2.24, 2.45) is 0 Å². The van der Waals surface area contributed by atoms with Crippen molar-refractivity contribution in [3.8, 4) is 0 Å². The molecule has 2 N–H and O–H groups in total. The Labute approximate surface area is 272 Å². The molecule has 0 aromatic heterocycles. The van der Waals surface area contributed by atoms with Gasteiger partial charge in [-0.2, -0.15) is 13.2 Å². The molecule has 2 amide bonds. The number of hydrogen-bond donors (Lipinski definition) is 2. The highest BCUT2D eigenvalue weighted by Crippen LogP contribution is 2.39. The van der Waals surface area contributed by atoms with Crippen molar-refractivity contribution in [3.63, 3.8) is 0 Å². The maximum absolute atomic E-state index is 13.0. The van der Waals surface area contributed by atoms with E-state index in [1.54, 1.807) is 24.3 Å². The van der Waals surface area contributed by atoms with Gasteiger partial charge in [-0.15, -0.1) is 0 Å². The van der Waals surface area contributed by atoms with Crippen molar-refractivity contribution in [1.29, 1.82) is 0 Å². The lowest BCUT2D eigenvalue weighted by Crippen LogP contribution is -2.48. The quantitative estimate of drug-likeness (QED) is 0.379. The first-order valence-corrected chi connectivity index (χ1v) is 16.0. The third-order valence-electron chi connectivity index (χ3n) is 8.60. The summed E-state index contributed by atoms with van der Waals surface area (Å²) >= 11 is 0. The zero-order valence-electron chi connectivity index (χ0n) is 26.8. The molecule has 2 aromatic carbocycles. The number of benzene rings is 2. The summed E-state index contributed by atoms with van der Waals surface area (Å²) in [6.07, 6.45) is -3.98. The van der Waals surface area contributed by atoms with Crippen LogP contribution in [0, 0.1) is 0 Å². The van der Waals surface area contributed by atoms with E-state index < -0.39 is 35.9 Å². The second kappa shape index (κ2) is 14.3. The van der Waals surface area contributed by atoms with Gasteiger partial charge >= 0.3 is 18.1 Å². The number of carbonyl (C=O) groups is 3. The van der Waals surface area contributed by atoms with E-state index in [2.05, 4.69) is 10.2 Å². The molecule has 3 aliphatic rings. The minimum Gasteiger partial charge on any atom is -0.459 e.